The first kappa shape index (κ1) is 11.3. The Kier molecular flexibility index (Phi) is 2.50. The monoisotopic (exact) mass is 254 g/mol. The number of para-hydroxylation sites is 1. The van der Waals surface area contributed by atoms with Crippen molar-refractivity contribution in [1.82, 2.24) is 9.88 Å². The molecule has 0 aliphatic carbocycles. The maximum absolute atomic E-state index is 9.64. The average Bonchev–Trinajstić information content (AvgIpc) is 2.85. The minimum absolute atomic E-state index is 0.209. The number of H-pyrrole nitrogens is 1. The number of benzene rings is 1. The van der Waals surface area contributed by atoms with Gasteiger partial charge < -0.3 is 10.1 Å². The molecule has 4 rings (SSSR count). The Hall–Kier alpha value is -1.58. The minimum Gasteiger partial charge on any atom is -0.396 e. The van der Waals surface area contributed by atoms with Crippen molar-refractivity contribution in [1.29, 1.82) is 0 Å². The number of hydrogen-bond donors (Lipinski definition) is 2. The van der Waals surface area contributed by atoms with Crippen LogP contribution in [0.5, 0.6) is 0 Å². The maximum atomic E-state index is 9.64. The Morgan fingerprint density at radius 1 is 1.32 bits per heavy atom. The Bertz CT molecular complexity index is 643. The number of aliphatic hydroxyl groups is 1. The van der Waals surface area contributed by atoms with Crippen LogP contribution in [0.25, 0.3) is 10.9 Å². The van der Waals surface area contributed by atoms with E-state index in [4.69, 9.17) is 0 Å². The third kappa shape index (κ3) is 1.58. The number of aromatic nitrogens is 1. The van der Waals surface area contributed by atoms with Crippen LogP contribution in [0.4, 0.5) is 0 Å². The van der Waals surface area contributed by atoms with Gasteiger partial charge in [-0.25, -0.2) is 0 Å². The standard InChI is InChI=1S/C16H18N2O/c19-10-11-4-3-8-18-9-7-13-12-5-1-2-6-14(12)17-15(13)16(11)18/h1-6,11,16-17,19H,7-10H2/t11-,16-/m1/s1. The number of nitrogens with one attached hydrogen (secondary N) is 1. The van der Waals surface area contributed by atoms with E-state index >= 15 is 0 Å². The number of hydrogen-bond acceptors (Lipinski definition) is 2. The summed E-state index contributed by atoms with van der Waals surface area (Å²) in [5.41, 5.74) is 3.99. The summed E-state index contributed by atoms with van der Waals surface area (Å²) >= 11 is 0. The van der Waals surface area contributed by atoms with E-state index in [1.165, 1.54) is 22.2 Å². The highest BCUT2D eigenvalue weighted by molar-refractivity contribution is 5.85. The molecule has 2 aromatic rings. The first-order valence-corrected chi connectivity index (χ1v) is 6.99. The van der Waals surface area contributed by atoms with E-state index in [9.17, 15) is 5.11 Å². The van der Waals surface area contributed by atoms with Gasteiger partial charge in [-0.1, -0.05) is 30.4 Å². The molecule has 0 fully saturated rings. The van der Waals surface area contributed by atoms with Gasteiger partial charge in [-0.05, 0) is 18.1 Å². The van der Waals surface area contributed by atoms with Crippen LogP contribution in [-0.2, 0) is 6.42 Å². The van der Waals surface area contributed by atoms with Crippen molar-refractivity contribution in [2.45, 2.75) is 12.5 Å². The third-order valence-corrected chi connectivity index (χ3v) is 4.52. The summed E-state index contributed by atoms with van der Waals surface area (Å²) in [5.74, 6) is 0.209. The van der Waals surface area contributed by atoms with Gasteiger partial charge in [0.25, 0.3) is 0 Å². The van der Waals surface area contributed by atoms with Gasteiger partial charge in [0, 0.05) is 35.6 Å². The largest absolute Gasteiger partial charge is 0.396 e. The van der Waals surface area contributed by atoms with E-state index < -0.39 is 0 Å². The van der Waals surface area contributed by atoms with Crippen LogP contribution in [0, 0.1) is 5.92 Å². The summed E-state index contributed by atoms with van der Waals surface area (Å²) in [6, 6.07) is 8.84. The van der Waals surface area contributed by atoms with Crippen LogP contribution in [0.15, 0.2) is 36.4 Å². The number of aliphatic hydroxyl groups excluding tert-OH is 1. The number of fused-ring (bicyclic) bond motifs is 5. The van der Waals surface area contributed by atoms with E-state index in [1.807, 2.05) is 0 Å². The number of aromatic amines is 1. The van der Waals surface area contributed by atoms with Crippen molar-refractivity contribution >= 4 is 10.9 Å². The van der Waals surface area contributed by atoms with Crippen LogP contribution in [0.1, 0.15) is 17.3 Å². The molecular weight excluding hydrogens is 236 g/mol. The normalized spacial score (nSPS) is 26.4. The van der Waals surface area contributed by atoms with Crippen LogP contribution in [0.3, 0.4) is 0 Å². The third-order valence-electron chi connectivity index (χ3n) is 4.52. The van der Waals surface area contributed by atoms with Crippen LogP contribution >= 0.6 is 0 Å². The lowest BCUT2D eigenvalue weighted by Crippen LogP contribution is -2.42. The predicted molar refractivity (Wildman–Crippen MR) is 76.0 cm³/mol. The number of nitrogens with zero attached hydrogens (tertiary/aromatic N) is 1. The summed E-state index contributed by atoms with van der Waals surface area (Å²) in [6.45, 7) is 2.29. The maximum Gasteiger partial charge on any atom is 0.0589 e. The summed E-state index contributed by atoms with van der Waals surface area (Å²) in [6.07, 6.45) is 5.45. The van der Waals surface area contributed by atoms with Crippen molar-refractivity contribution < 1.29 is 5.11 Å². The second-order valence-electron chi connectivity index (χ2n) is 5.53. The lowest BCUT2D eigenvalue weighted by atomic mass is 9.86. The molecule has 0 bridgehead atoms. The second kappa shape index (κ2) is 4.22. The smallest absolute Gasteiger partial charge is 0.0589 e. The molecule has 1 aromatic carbocycles. The summed E-state index contributed by atoms with van der Waals surface area (Å²) < 4.78 is 0. The van der Waals surface area contributed by atoms with Gasteiger partial charge in [0.2, 0.25) is 0 Å². The minimum atomic E-state index is 0.209. The molecule has 0 unspecified atom stereocenters. The molecule has 2 N–H and O–H groups in total. The van der Waals surface area contributed by atoms with Gasteiger partial charge in [-0.3, -0.25) is 4.90 Å². The molecule has 3 heterocycles. The first-order valence-electron chi connectivity index (χ1n) is 6.99. The van der Waals surface area contributed by atoms with E-state index in [1.54, 1.807) is 0 Å². The molecule has 1 aromatic heterocycles. The second-order valence-corrected chi connectivity index (χ2v) is 5.53. The molecule has 2 atom stereocenters. The Morgan fingerprint density at radius 2 is 2.21 bits per heavy atom. The molecule has 3 nitrogen and oxygen atoms in total. The molecule has 19 heavy (non-hydrogen) atoms. The molecule has 0 saturated carbocycles. The molecule has 0 spiro atoms. The fourth-order valence-electron chi connectivity index (χ4n) is 3.65. The Labute approximate surface area is 112 Å². The molecule has 2 aliphatic heterocycles. The van der Waals surface area contributed by atoms with Gasteiger partial charge in [0.05, 0.1) is 12.6 Å². The predicted octanol–water partition coefficient (Wildman–Crippen LogP) is 2.25. The zero-order chi connectivity index (χ0) is 12.8. The molecule has 0 saturated heterocycles. The molecular formula is C16H18N2O. The lowest BCUT2D eigenvalue weighted by molar-refractivity contribution is 0.109. The average molecular weight is 254 g/mol. The lowest BCUT2D eigenvalue weighted by Gasteiger charge is -2.40. The van der Waals surface area contributed by atoms with Gasteiger partial charge >= 0.3 is 0 Å². The summed E-state index contributed by atoms with van der Waals surface area (Å²) in [5, 5.41) is 11.0. The first-order chi connectivity index (χ1) is 9.38. The molecule has 0 amide bonds. The van der Waals surface area contributed by atoms with E-state index in [-0.39, 0.29) is 12.5 Å². The Morgan fingerprint density at radius 3 is 3.11 bits per heavy atom. The van der Waals surface area contributed by atoms with Crippen molar-refractivity contribution in [2.75, 3.05) is 19.7 Å². The fraction of sp³-hybridized carbons (Fsp3) is 0.375. The van der Waals surface area contributed by atoms with Gasteiger partial charge in [0.15, 0.2) is 0 Å². The highest BCUT2D eigenvalue weighted by Crippen LogP contribution is 2.40. The van der Waals surface area contributed by atoms with Gasteiger partial charge in [-0.15, -0.1) is 0 Å². The Balaban J connectivity index is 1.90. The SMILES string of the molecule is OC[C@H]1C=CCN2CCc3c([nH]c4ccccc34)[C@@H]12. The van der Waals surface area contributed by atoms with Crippen molar-refractivity contribution in [3.63, 3.8) is 0 Å². The van der Waals surface area contributed by atoms with E-state index in [2.05, 4.69) is 46.3 Å². The summed E-state index contributed by atoms with van der Waals surface area (Å²) in [4.78, 5) is 6.06. The van der Waals surface area contributed by atoms with Crippen LogP contribution in [-0.4, -0.2) is 34.7 Å². The van der Waals surface area contributed by atoms with Crippen LogP contribution in [0.2, 0.25) is 0 Å². The highest BCUT2D eigenvalue weighted by Gasteiger charge is 2.35. The van der Waals surface area contributed by atoms with Gasteiger partial charge in [-0.2, -0.15) is 0 Å². The fourth-order valence-corrected chi connectivity index (χ4v) is 3.65. The van der Waals surface area contributed by atoms with Gasteiger partial charge in [0.1, 0.15) is 0 Å². The van der Waals surface area contributed by atoms with Crippen molar-refractivity contribution in [3.8, 4) is 0 Å². The van der Waals surface area contributed by atoms with Crippen molar-refractivity contribution in [3.05, 3.63) is 47.7 Å². The van der Waals surface area contributed by atoms with Crippen molar-refractivity contribution in [2.24, 2.45) is 5.92 Å². The zero-order valence-corrected chi connectivity index (χ0v) is 10.8. The molecule has 3 heteroatoms. The number of rotatable bonds is 1. The van der Waals surface area contributed by atoms with E-state index in [0.717, 1.165) is 19.5 Å². The summed E-state index contributed by atoms with van der Waals surface area (Å²) in [7, 11) is 0. The molecule has 0 radical (unpaired) electrons. The molecule has 98 valence electrons. The molecule has 2 aliphatic rings. The quantitative estimate of drug-likeness (QED) is 0.766. The van der Waals surface area contributed by atoms with E-state index in [0.29, 0.717) is 6.04 Å². The highest BCUT2D eigenvalue weighted by atomic mass is 16.3. The van der Waals surface area contributed by atoms with Crippen LogP contribution < -0.4 is 0 Å². The zero-order valence-electron chi connectivity index (χ0n) is 10.8. The topological polar surface area (TPSA) is 39.3 Å².